The fourth-order valence-corrected chi connectivity index (χ4v) is 1.78. The molecule has 0 amide bonds. The summed E-state index contributed by atoms with van der Waals surface area (Å²) in [5, 5.41) is 0. The first kappa shape index (κ1) is 11.5. The van der Waals surface area contributed by atoms with Crippen LogP contribution < -0.4 is 5.73 Å². The SMILES string of the molecule is CCOC(=O)CCN1CCC[C@@H](N)C1. The van der Waals surface area contributed by atoms with E-state index in [0.29, 0.717) is 13.0 Å². The van der Waals surface area contributed by atoms with E-state index in [-0.39, 0.29) is 12.0 Å². The van der Waals surface area contributed by atoms with Gasteiger partial charge in [0.1, 0.15) is 0 Å². The van der Waals surface area contributed by atoms with Gasteiger partial charge in [-0.15, -0.1) is 0 Å². The van der Waals surface area contributed by atoms with Gasteiger partial charge in [-0.2, -0.15) is 0 Å². The van der Waals surface area contributed by atoms with E-state index in [9.17, 15) is 4.79 Å². The van der Waals surface area contributed by atoms with Crippen LogP contribution >= 0.6 is 0 Å². The molecule has 1 heterocycles. The third kappa shape index (κ3) is 4.07. The zero-order chi connectivity index (χ0) is 10.4. The number of carbonyl (C=O) groups is 1. The van der Waals surface area contributed by atoms with Gasteiger partial charge >= 0.3 is 5.97 Å². The van der Waals surface area contributed by atoms with Crippen molar-refractivity contribution in [2.24, 2.45) is 5.73 Å². The quantitative estimate of drug-likeness (QED) is 0.666. The lowest BCUT2D eigenvalue weighted by Gasteiger charge is -2.30. The smallest absolute Gasteiger partial charge is 0.307 e. The van der Waals surface area contributed by atoms with Crippen molar-refractivity contribution in [1.82, 2.24) is 4.90 Å². The first-order valence-electron chi connectivity index (χ1n) is 5.36. The Balaban J connectivity index is 2.14. The highest BCUT2D eigenvalue weighted by Gasteiger charge is 2.17. The average molecular weight is 200 g/mol. The van der Waals surface area contributed by atoms with Crippen molar-refractivity contribution < 1.29 is 9.53 Å². The van der Waals surface area contributed by atoms with Gasteiger partial charge < -0.3 is 15.4 Å². The summed E-state index contributed by atoms with van der Waals surface area (Å²) in [6.07, 6.45) is 2.74. The highest BCUT2D eigenvalue weighted by atomic mass is 16.5. The van der Waals surface area contributed by atoms with E-state index in [0.717, 1.165) is 32.5 Å². The van der Waals surface area contributed by atoms with Gasteiger partial charge in [-0.3, -0.25) is 4.79 Å². The zero-order valence-corrected chi connectivity index (χ0v) is 8.87. The van der Waals surface area contributed by atoms with Crippen LogP contribution in [-0.4, -0.2) is 43.2 Å². The van der Waals surface area contributed by atoms with Crippen molar-refractivity contribution in [3.8, 4) is 0 Å². The molecule has 1 atom stereocenters. The van der Waals surface area contributed by atoms with Gasteiger partial charge in [-0.1, -0.05) is 0 Å². The molecule has 0 radical (unpaired) electrons. The van der Waals surface area contributed by atoms with Gasteiger partial charge in [0.15, 0.2) is 0 Å². The summed E-state index contributed by atoms with van der Waals surface area (Å²) in [6, 6.07) is 0.283. The standard InChI is InChI=1S/C10H20N2O2/c1-2-14-10(13)5-7-12-6-3-4-9(11)8-12/h9H,2-8,11H2,1H3/t9-/m1/s1. The van der Waals surface area contributed by atoms with E-state index in [2.05, 4.69) is 4.90 Å². The second kappa shape index (κ2) is 5.98. The van der Waals surface area contributed by atoms with Crippen LogP contribution in [0.15, 0.2) is 0 Å². The molecule has 82 valence electrons. The molecule has 0 aromatic carbocycles. The summed E-state index contributed by atoms with van der Waals surface area (Å²) in [5.74, 6) is -0.105. The maximum atomic E-state index is 11.1. The molecule has 0 unspecified atom stereocenters. The number of esters is 1. The van der Waals surface area contributed by atoms with E-state index in [1.807, 2.05) is 6.92 Å². The number of hydrogen-bond acceptors (Lipinski definition) is 4. The van der Waals surface area contributed by atoms with E-state index in [4.69, 9.17) is 10.5 Å². The molecule has 1 saturated heterocycles. The monoisotopic (exact) mass is 200 g/mol. The van der Waals surface area contributed by atoms with Crippen molar-refractivity contribution in [3.05, 3.63) is 0 Å². The molecule has 0 spiro atoms. The number of nitrogens with two attached hydrogens (primary N) is 1. The number of nitrogens with zero attached hydrogens (tertiary/aromatic N) is 1. The minimum Gasteiger partial charge on any atom is -0.466 e. The maximum Gasteiger partial charge on any atom is 0.307 e. The summed E-state index contributed by atoms with van der Waals surface area (Å²) in [7, 11) is 0. The van der Waals surface area contributed by atoms with Crippen LogP contribution in [0.3, 0.4) is 0 Å². The van der Waals surface area contributed by atoms with Crippen LogP contribution in [0.1, 0.15) is 26.2 Å². The molecule has 4 nitrogen and oxygen atoms in total. The van der Waals surface area contributed by atoms with Crippen molar-refractivity contribution in [2.75, 3.05) is 26.2 Å². The fourth-order valence-electron chi connectivity index (χ4n) is 1.78. The number of hydrogen-bond donors (Lipinski definition) is 1. The Kier molecular flexibility index (Phi) is 4.90. The van der Waals surface area contributed by atoms with Gasteiger partial charge in [-0.25, -0.2) is 0 Å². The van der Waals surface area contributed by atoms with Crippen molar-refractivity contribution >= 4 is 5.97 Å². The van der Waals surface area contributed by atoms with E-state index < -0.39 is 0 Å². The summed E-state index contributed by atoms with van der Waals surface area (Å²) in [6.45, 7) is 5.06. The molecule has 0 aromatic rings. The van der Waals surface area contributed by atoms with E-state index in [1.165, 1.54) is 0 Å². The second-order valence-corrected chi connectivity index (χ2v) is 3.76. The molecule has 1 aliphatic heterocycles. The highest BCUT2D eigenvalue weighted by molar-refractivity contribution is 5.69. The van der Waals surface area contributed by atoms with Gasteiger partial charge in [0.05, 0.1) is 13.0 Å². The van der Waals surface area contributed by atoms with Crippen LogP contribution in [-0.2, 0) is 9.53 Å². The average Bonchev–Trinajstić information content (AvgIpc) is 2.15. The number of likely N-dealkylation sites (tertiary alicyclic amines) is 1. The largest absolute Gasteiger partial charge is 0.466 e. The molecule has 1 aliphatic rings. The Hall–Kier alpha value is -0.610. The van der Waals surface area contributed by atoms with Gasteiger partial charge in [0.2, 0.25) is 0 Å². The minimum absolute atomic E-state index is 0.105. The Morgan fingerprint density at radius 2 is 2.43 bits per heavy atom. The van der Waals surface area contributed by atoms with Gasteiger partial charge in [0, 0.05) is 19.1 Å². The molecule has 4 heteroatoms. The van der Waals surface area contributed by atoms with Gasteiger partial charge in [-0.05, 0) is 26.3 Å². The van der Waals surface area contributed by atoms with Crippen molar-refractivity contribution in [1.29, 1.82) is 0 Å². The lowest BCUT2D eigenvalue weighted by molar-refractivity contribution is -0.143. The molecule has 14 heavy (non-hydrogen) atoms. The second-order valence-electron chi connectivity index (χ2n) is 3.76. The Labute approximate surface area is 85.4 Å². The molecule has 0 aromatic heterocycles. The van der Waals surface area contributed by atoms with Gasteiger partial charge in [0.25, 0.3) is 0 Å². The predicted molar refractivity (Wildman–Crippen MR) is 54.9 cm³/mol. The van der Waals surface area contributed by atoms with Crippen molar-refractivity contribution in [2.45, 2.75) is 32.2 Å². The zero-order valence-electron chi connectivity index (χ0n) is 8.87. The molecule has 2 N–H and O–H groups in total. The lowest BCUT2D eigenvalue weighted by atomic mass is 10.1. The summed E-state index contributed by atoms with van der Waals surface area (Å²) in [5.41, 5.74) is 5.83. The summed E-state index contributed by atoms with van der Waals surface area (Å²) >= 11 is 0. The van der Waals surface area contributed by atoms with Crippen LogP contribution in [0.4, 0.5) is 0 Å². The number of rotatable bonds is 4. The Bertz CT molecular complexity index is 185. The van der Waals surface area contributed by atoms with Crippen LogP contribution in [0.5, 0.6) is 0 Å². The van der Waals surface area contributed by atoms with Crippen LogP contribution in [0, 0.1) is 0 Å². The topological polar surface area (TPSA) is 55.6 Å². The molecular formula is C10H20N2O2. The normalized spacial score (nSPS) is 23.4. The van der Waals surface area contributed by atoms with E-state index >= 15 is 0 Å². The van der Waals surface area contributed by atoms with Crippen molar-refractivity contribution in [3.63, 3.8) is 0 Å². The van der Waals surface area contributed by atoms with E-state index in [1.54, 1.807) is 0 Å². The summed E-state index contributed by atoms with van der Waals surface area (Å²) < 4.78 is 4.86. The fraction of sp³-hybridized carbons (Fsp3) is 0.900. The minimum atomic E-state index is -0.105. The molecule has 0 aliphatic carbocycles. The molecule has 0 bridgehead atoms. The summed E-state index contributed by atoms with van der Waals surface area (Å²) in [4.78, 5) is 13.3. The first-order valence-corrected chi connectivity index (χ1v) is 5.36. The molecular weight excluding hydrogens is 180 g/mol. The number of ether oxygens (including phenoxy) is 1. The molecule has 1 fully saturated rings. The number of piperidine rings is 1. The third-order valence-electron chi connectivity index (χ3n) is 2.48. The number of carbonyl (C=O) groups excluding carboxylic acids is 1. The van der Waals surface area contributed by atoms with Crippen LogP contribution in [0.2, 0.25) is 0 Å². The Morgan fingerprint density at radius 3 is 3.07 bits per heavy atom. The lowest BCUT2D eigenvalue weighted by Crippen LogP contribution is -2.43. The van der Waals surface area contributed by atoms with Crippen LogP contribution in [0.25, 0.3) is 0 Å². The molecule has 0 saturated carbocycles. The Morgan fingerprint density at radius 1 is 1.64 bits per heavy atom. The molecule has 1 rings (SSSR count). The highest BCUT2D eigenvalue weighted by Crippen LogP contribution is 2.08. The predicted octanol–water partition coefficient (Wildman–Crippen LogP) is 0.363. The third-order valence-corrected chi connectivity index (χ3v) is 2.48. The first-order chi connectivity index (χ1) is 6.72. The maximum absolute atomic E-state index is 11.1.